The van der Waals surface area contributed by atoms with Crippen molar-refractivity contribution in [3.8, 4) is 11.5 Å². The number of carbonyl (C=O) groups excluding carboxylic acids is 2. The van der Waals surface area contributed by atoms with E-state index in [1.807, 2.05) is 0 Å². The van der Waals surface area contributed by atoms with Crippen LogP contribution in [-0.2, 0) is 14.3 Å². The van der Waals surface area contributed by atoms with Gasteiger partial charge in [-0.15, -0.1) is 0 Å². The Morgan fingerprint density at radius 3 is 2.46 bits per heavy atom. The first kappa shape index (κ1) is 19.1. The summed E-state index contributed by atoms with van der Waals surface area (Å²) in [4.78, 5) is 34.9. The molecule has 0 aliphatic heterocycles. The number of aromatic amines is 2. The summed E-state index contributed by atoms with van der Waals surface area (Å²) in [6.45, 7) is 1.44. The van der Waals surface area contributed by atoms with Crippen LogP contribution in [-0.4, -0.2) is 42.9 Å². The van der Waals surface area contributed by atoms with Gasteiger partial charge in [0.05, 0.1) is 20.6 Å². The van der Waals surface area contributed by atoms with E-state index in [2.05, 4.69) is 10.2 Å². The monoisotopic (exact) mass is 363 g/mol. The lowest BCUT2D eigenvalue weighted by molar-refractivity contribution is -0.140. The smallest absolute Gasteiger partial charge is 0.306 e. The number of benzene rings is 1. The van der Waals surface area contributed by atoms with Gasteiger partial charge in [-0.3, -0.25) is 19.5 Å². The molecule has 1 atom stereocenters. The number of hydrogen-bond acceptors (Lipinski definition) is 6. The number of methoxy groups -OCH3 is 2. The second-order valence-electron chi connectivity index (χ2n) is 5.62. The van der Waals surface area contributed by atoms with Crippen molar-refractivity contribution in [3.63, 3.8) is 0 Å². The predicted octanol–water partition coefficient (Wildman–Crippen LogP) is 0.579. The van der Waals surface area contributed by atoms with Gasteiger partial charge in [-0.2, -0.15) is 0 Å². The number of aromatic nitrogens is 2. The van der Waals surface area contributed by atoms with Gasteiger partial charge >= 0.3 is 5.97 Å². The van der Waals surface area contributed by atoms with Crippen molar-refractivity contribution in [3.05, 3.63) is 45.4 Å². The number of esters is 1. The Labute approximate surface area is 149 Å². The fourth-order valence-corrected chi connectivity index (χ4v) is 2.68. The van der Waals surface area contributed by atoms with Gasteiger partial charge in [0.15, 0.2) is 18.1 Å². The standard InChI is InChI=1S/C17H21N3O6/c1-9-16(17(23)20-19-9)11(7-15(22)25-3)10-4-5-12(13(6-10)24-2)26-8-14(18)21/h4-6,11H,7-8H2,1-3H3,(H2,18,21)(H2,19,20,23)/t11-/m0/s1. The number of amides is 1. The van der Waals surface area contributed by atoms with E-state index >= 15 is 0 Å². The lowest BCUT2D eigenvalue weighted by atomic mass is 9.88. The van der Waals surface area contributed by atoms with Crippen molar-refractivity contribution < 1.29 is 23.8 Å². The Bertz CT molecular complexity index is 854. The highest BCUT2D eigenvalue weighted by molar-refractivity contribution is 5.75. The Hall–Kier alpha value is -3.23. The molecule has 26 heavy (non-hydrogen) atoms. The van der Waals surface area contributed by atoms with Gasteiger partial charge in [-0.25, -0.2) is 0 Å². The molecule has 2 aromatic rings. The van der Waals surface area contributed by atoms with Gasteiger partial charge in [0.1, 0.15) is 0 Å². The van der Waals surface area contributed by atoms with Crippen molar-refractivity contribution >= 4 is 11.9 Å². The number of nitrogens with one attached hydrogen (secondary N) is 2. The molecule has 0 aliphatic carbocycles. The van der Waals surface area contributed by atoms with Gasteiger partial charge < -0.3 is 25.0 Å². The zero-order valence-corrected chi connectivity index (χ0v) is 14.8. The molecule has 0 spiro atoms. The Balaban J connectivity index is 2.46. The van der Waals surface area contributed by atoms with Gasteiger partial charge in [0.2, 0.25) is 0 Å². The maximum Gasteiger partial charge on any atom is 0.306 e. The van der Waals surface area contributed by atoms with E-state index in [0.717, 1.165) is 0 Å². The van der Waals surface area contributed by atoms with Crippen LogP contribution >= 0.6 is 0 Å². The molecule has 9 nitrogen and oxygen atoms in total. The minimum Gasteiger partial charge on any atom is -0.493 e. The average molecular weight is 363 g/mol. The Morgan fingerprint density at radius 2 is 1.92 bits per heavy atom. The minimum atomic E-state index is -0.617. The first-order valence-electron chi connectivity index (χ1n) is 7.80. The van der Waals surface area contributed by atoms with E-state index in [-0.39, 0.29) is 18.6 Å². The number of ether oxygens (including phenoxy) is 3. The second-order valence-corrected chi connectivity index (χ2v) is 5.62. The van der Waals surface area contributed by atoms with E-state index in [0.29, 0.717) is 28.3 Å². The van der Waals surface area contributed by atoms with Gasteiger partial charge in [-0.05, 0) is 24.6 Å². The zero-order valence-electron chi connectivity index (χ0n) is 14.8. The number of rotatable bonds is 8. The van der Waals surface area contributed by atoms with E-state index in [4.69, 9.17) is 19.9 Å². The van der Waals surface area contributed by atoms with Crippen LogP contribution in [0.25, 0.3) is 0 Å². The third-order valence-corrected chi connectivity index (χ3v) is 3.92. The first-order valence-corrected chi connectivity index (χ1v) is 7.80. The van der Waals surface area contributed by atoms with E-state index in [1.165, 1.54) is 14.2 Å². The van der Waals surface area contributed by atoms with Gasteiger partial charge in [-0.1, -0.05) is 6.07 Å². The van der Waals surface area contributed by atoms with Crippen LogP contribution in [0.1, 0.15) is 29.2 Å². The average Bonchev–Trinajstić information content (AvgIpc) is 2.96. The first-order chi connectivity index (χ1) is 12.4. The van der Waals surface area contributed by atoms with E-state index in [1.54, 1.807) is 25.1 Å². The highest BCUT2D eigenvalue weighted by Gasteiger charge is 2.25. The summed E-state index contributed by atoms with van der Waals surface area (Å²) in [5.41, 5.74) is 6.48. The maximum atomic E-state index is 12.2. The molecular formula is C17H21N3O6. The van der Waals surface area contributed by atoms with Crippen LogP contribution in [0.3, 0.4) is 0 Å². The van der Waals surface area contributed by atoms with Crippen LogP contribution in [0.2, 0.25) is 0 Å². The summed E-state index contributed by atoms with van der Waals surface area (Å²) in [7, 11) is 2.73. The molecule has 1 heterocycles. The lowest BCUT2D eigenvalue weighted by Gasteiger charge is -2.18. The van der Waals surface area contributed by atoms with Crippen molar-refractivity contribution in [2.45, 2.75) is 19.3 Å². The topological polar surface area (TPSA) is 136 Å². The number of aryl methyl sites for hydroxylation is 1. The van der Waals surface area contributed by atoms with E-state index < -0.39 is 17.8 Å². The highest BCUT2D eigenvalue weighted by atomic mass is 16.5. The number of carbonyl (C=O) groups is 2. The second kappa shape index (κ2) is 8.24. The molecule has 1 aromatic heterocycles. The molecule has 9 heteroatoms. The highest BCUT2D eigenvalue weighted by Crippen LogP contribution is 2.35. The van der Waals surface area contributed by atoms with Gasteiger partial charge in [0, 0.05) is 17.2 Å². The van der Waals surface area contributed by atoms with Crippen molar-refractivity contribution in [1.29, 1.82) is 0 Å². The number of primary amides is 1. The largest absolute Gasteiger partial charge is 0.493 e. The van der Waals surface area contributed by atoms with Crippen LogP contribution in [0.15, 0.2) is 23.0 Å². The molecule has 140 valence electrons. The molecule has 1 aromatic carbocycles. The molecule has 0 saturated carbocycles. The van der Waals surface area contributed by atoms with Crippen molar-refractivity contribution in [2.75, 3.05) is 20.8 Å². The molecule has 0 aliphatic rings. The fourth-order valence-electron chi connectivity index (χ4n) is 2.68. The molecule has 0 saturated heterocycles. The third kappa shape index (κ3) is 4.24. The molecule has 0 bridgehead atoms. The Morgan fingerprint density at radius 1 is 1.19 bits per heavy atom. The van der Waals surface area contributed by atoms with Crippen LogP contribution in [0, 0.1) is 6.92 Å². The fraction of sp³-hybridized carbons (Fsp3) is 0.353. The third-order valence-electron chi connectivity index (χ3n) is 3.92. The quantitative estimate of drug-likeness (QED) is 0.587. The summed E-state index contributed by atoms with van der Waals surface area (Å²) in [6.07, 6.45) is -0.0249. The molecule has 0 unspecified atom stereocenters. The predicted molar refractivity (Wildman–Crippen MR) is 92.3 cm³/mol. The summed E-state index contributed by atoms with van der Waals surface area (Å²) < 4.78 is 15.3. The summed E-state index contributed by atoms with van der Waals surface area (Å²) >= 11 is 0. The van der Waals surface area contributed by atoms with Crippen LogP contribution in [0.5, 0.6) is 11.5 Å². The van der Waals surface area contributed by atoms with Crippen molar-refractivity contribution in [1.82, 2.24) is 10.2 Å². The molecule has 1 amide bonds. The van der Waals surface area contributed by atoms with Crippen LogP contribution < -0.4 is 20.8 Å². The lowest BCUT2D eigenvalue weighted by Crippen LogP contribution is -2.20. The van der Waals surface area contributed by atoms with Crippen molar-refractivity contribution in [2.24, 2.45) is 5.73 Å². The minimum absolute atomic E-state index is 0.0249. The van der Waals surface area contributed by atoms with E-state index in [9.17, 15) is 14.4 Å². The molecule has 4 N–H and O–H groups in total. The summed E-state index contributed by atoms with van der Waals surface area (Å²) in [5.74, 6) is -0.941. The summed E-state index contributed by atoms with van der Waals surface area (Å²) in [5, 5.41) is 5.27. The number of H-pyrrole nitrogens is 2. The molecular weight excluding hydrogens is 342 g/mol. The summed E-state index contributed by atoms with van der Waals surface area (Å²) in [6, 6.07) is 4.94. The Kier molecular flexibility index (Phi) is 6.05. The number of hydrogen-bond donors (Lipinski definition) is 3. The zero-order chi connectivity index (χ0) is 19.3. The number of nitrogens with two attached hydrogens (primary N) is 1. The van der Waals surface area contributed by atoms with Gasteiger partial charge in [0.25, 0.3) is 11.5 Å². The SMILES string of the molecule is COC(=O)C[C@@H](c1ccc(OCC(N)=O)c(OC)c1)c1c(C)[nH][nH]c1=O. The molecule has 0 radical (unpaired) electrons. The normalized spacial score (nSPS) is 11.7. The molecule has 0 fully saturated rings. The maximum absolute atomic E-state index is 12.2. The molecule has 2 rings (SSSR count). The van der Waals surface area contributed by atoms with Crippen LogP contribution in [0.4, 0.5) is 0 Å².